The summed E-state index contributed by atoms with van der Waals surface area (Å²) in [4.78, 5) is 2.72. The number of methoxy groups -OCH3 is 1. The fraction of sp³-hybridized carbons (Fsp3) is 0.692. The van der Waals surface area contributed by atoms with Crippen LogP contribution in [0.2, 0.25) is 0 Å². The van der Waals surface area contributed by atoms with E-state index >= 15 is 0 Å². The maximum atomic E-state index is 5.71. The summed E-state index contributed by atoms with van der Waals surface area (Å²) in [6, 6.07) is 4.67. The molecule has 0 spiro atoms. The Morgan fingerprint density at radius 3 is 2.50 bits per heavy atom. The molecule has 0 aliphatic rings. The van der Waals surface area contributed by atoms with Crippen molar-refractivity contribution in [1.82, 2.24) is 5.32 Å². The van der Waals surface area contributed by atoms with Gasteiger partial charge in [-0.3, -0.25) is 0 Å². The van der Waals surface area contributed by atoms with Crippen molar-refractivity contribution >= 4 is 11.3 Å². The third-order valence-corrected chi connectivity index (χ3v) is 4.30. The van der Waals surface area contributed by atoms with Gasteiger partial charge in [-0.25, -0.2) is 0 Å². The molecule has 0 amide bonds. The highest BCUT2D eigenvalue weighted by atomic mass is 32.1. The lowest BCUT2D eigenvalue weighted by atomic mass is 9.92. The van der Waals surface area contributed by atoms with Crippen molar-refractivity contribution in [1.29, 1.82) is 0 Å². The van der Waals surface area contributed by atoms with E-state index in [-0.39, 0.29) is 11.6 Å². The summed E-state index contributed by atoms with van der Waals surface area (Å²) in [5.74, 6) is 0. The summed E-state index contributed by atoms with van der Waals surface area (Å²) in [5.41, 5.74) is -0.132. The van der Waals surface area contributed by atoms with Crippen LogP contribution in [0.4, 0.5) is 0 Å². The van der Waals surface area contributed by atoms with Crippen LogP contribution in [0.25, 0.3) is 0 Å². The van der Waals surface area contributed by atoms with Crippen LogP contribution in [0.1, 0.15) is 43.0 Å². The normalized spacial score (nSPS) is 17.1. The van der Waals surface area contributed by atoms with Gasteiger partial charge in [0.2, 0.25) is 0 Å². The zero-order valence-electron chi connectivity index (χ0n) is 11.0. The lowest BCUT2D eigenvalue weighted by molar-refractivity contribution is -0.0286. The van der Waals surface area contributed by atoms with E-state index in [4.69, 9.17) is 4.74 Å². The van der Waals surface area contributed by atoms with Crippen molar-refractivity contribution in [2.75, 3.05) is 13.7 Å². The molecule has 2 unspecified atom stereocenters. The molecule has 1 aromatic rings. The Labute approximate surface area is 103 Å². The minimum atomic E-state index is -0.132. The first-order chi connectivity index (χ1) is 7.57. The highest BCUT2D eigenvalue weighted by molar-refractivity contribution is 7.12. The molecule has 0 saturated heterocycles. The molecule has 0 aliphatic heterocycles. The van der Waals surface area contributed by atoms with Gasteiger partial charge in [0.15, 0.2) is 0 Å². The first-order valence-corrected chi connectivity index (χ1v) is 6.74. The van der Waals surface area contributed by atoms with E-state index < -0.39 is 0 Å². The largest absolute Gasteiger partial charge is 0.377 e. The van der Waals surface area contributed by atoms with Crippen LogP contribution in [-0.4, -0.2) is 19.3 Å². The lowest BCUT2D eigenvalue weighted by Gasteiger charge is -2.35. The summed E-state index contributed by atoms with van der Waals surface area (Å²) < 4.78 is 5.71. The average Bonchev–Trinajstić information content (AvgIpc) is 2.71. The van der Waals surface area contributed by atoms with Crippen molar-refractivity contribution in [3.05, 3.63) is 21.9 Å². The number of likely N-dealkylation sites (N-methyl/N-ethyl adjacent to an activating group) is 1. The number of ether oxygens (including phenoxy) is 1. The van der Waals surface area contributed by atoms with Crippen LogP contribution in [0, 0.1) is 6.92 Å². The number of rotatable bonds is 6. The van der Waals surface area contributed by atoms with E-state index in [2.05, 4.69) is 45.1 Å². The zero-order valence-corrected chi connectivity index (χ0v) is 11.8. The van der Waals surface area contributed by atoms with Gasteiger partial charge in [-0.15, -0.1) is 11.3 Å². The topological polar surface area (TPSA) is 21.3 Å². The molecule has 0 saturated carbocycles. The molecule has 0 aromatic carbocycles. The summed E-state index contributed by atoms with van der Waals surface area (Å²) >= 11 is 1.85. The molecule has 1 rings (SSSR count). The van der Waals surface area contributed by atoms with Crippen LogP contribution < -0.4 is 5.32 Å². The van der Waals surface area contributed by atoms with Gasteiger partial charge in [0, 0.05) is 16.9 Å². The smallest absolute Gasteiger partial charge is 0.0849 e. The molecule has 0 radical (unpaired) electrons. The molecule has 92 valence electrons. The number of thiophene rings is 1. The molecule has 0 aliphatic carbocycles. The number of hydrogen-bond donors (Lipinski definition) is 1. The van der Waals surface area contributed by atoms with Crippen LogP contribution in [0.5, 0.6) is 0 Å². The van der Waals surface area contributed by atoms with Gasteiger partial charge in [-0.1, -0.05) is 13.8 Å². The van der Waals surface area contributed by atoms with Crippen molar-refractivity contribution < 1.29 is 4.74 Å². The fourth-order valence-corrected chi connectivity index (χ4v) is 2.99. The Morgan fingerprint density at radius 2 is 2.12 bits per heavy atom. The van der Waals surface area contributed by atoms with E-state index in [1.807, 2.05) is 11.3 Å². The monoisotopic (exact) mass is 241 g/mol. The number of nitrogens with one attached hydrogen (secondary N) is 1. The second kappa shape index (κ2) is 5.80. The minimum Gasteiger partial charge on any atom is -0.377 e. The van der Waals surface area contributed by atoms with E-state index in [0.717, 1.165) is 13.0 Å². The van der Waals surface area contributed by atoms with Gasteiger partial charge in [0.25, 0.3) is 0 Å². The second-order valence-corrected chi connectivity index (χ2v) is 5.63. The Hall–Kier alpha value is -0.380. The first kappa shape index (κ1) is 13.7. The predicted molar refractivity (Wildman–Crippen MR) is 71.2 cm³/mol. The Balaban J connectivity index is 2.98. The average molecular weight is 241 g/mol. The van der Waals surface area contributed by atoms with Crippen molar-refractivity contribution in [3.63, 3.8) is 0 Å². The zero-order chi connectivity index (χ0) is 12.2. The van der Waals surface area contributed by atoms with E-state index in [9.17, 15) is 0 Å². The highest BCUT2D eigenvalue weighted by Gasteiger charge is 2.33. The molecule has 2 nitrogen and oxygen atoms in total. The molecule has 1 heterocycles. The summed E-state index contributed by atoms with van der Waals surface area (Å²) in [7, 11) is 1.80. The standard InChI is InChI=1S/C13H23NOS/c1-6-13(4,15-5)12(14-7-2)11-9-8-10(3)16-11/h8-9,12,14H,6-7H2,1-5H3. The van der Waals surface area contributed by atoms with Crippen molar-refractivity contribution in [3.8, 4) is 0 Å². The van der Waals surface area contributed by atoms with Gasteiger partial charge >= 0.3 is 0 Å². The molecule has 1 aromatic heterocycles. The molecule has 2 atom stereocenters. The third-order valence-electron chi connectivity index (χ3n) is 3.23. The summed E-state index contributed by atoms with van der Waals surface area (Å²) in [5, 5.41) is 3.54. The van der Waals surface area contributed by atoms with Crippen LogP contribution in [-0.2, 0) is 4.74 Å². The fourth-order valence-electron chi connectivity index (χ4n) is 1.90. The van der Waals surface area contributed by atoms with Crippen LogP contribution in [0.15, 0.2) is 12.1 Å². The van der Waals surface area contributed by atoms with Crippen LogP contribution in [0.3, 0.4) is 0 Å². The minimum absolute atomic E-state index is 0.132. The van der Waals surface area contributed by atoms with Gasteiger partial charge in [0.1, 0.15) is 0 Å². The van der Waals surface area contributed by atoms with E-state index in [1.54, 1.807) is 7.11 Å². The highest BCUT2D eigenvalue weighted by Crippen LogP contribution is 2.35. The van der Waals surface area contributed by atoms with Gasteiger partial charge < -0.3 is 10.1 Å². The number of aryl methyl sites for hydroxylation is 1. The van der Waals surface area contributed by atoms with Gasteiger partial charge in [-0.2, -0.15) is 0 Å². The lowest BCUT2D eigenvalue weighted by Crippen LogP contribution is -2.42. The maximum absolute atomic E-state index is 5.71. The molecule has 1 N–H and O–H groups in total. The van der Waals surface area contributed by atoms with E-state index in [1.165, 1.54) is 9.75 Å². The summed E-state index contributed by atoms with van der Waals surface area (Å²) in [6.45, 7) is 9.59. The maximum Gasteiger partial charge on any atom is 0.0849 e. The van der Waals surface area contributed by atoms with Crippen molar-refractivity contribution in [2.45, 2.75) is 45.8 Å². The quantitative estimate of drug-likeness (QED) is 0.822. The molecule has 3 heteroatoms. The van der Waals surface area contributed by atoms with Gasteiger partial charge in [0.05, 0.1) is 11.6 Å². The van der Waals surface area contributed by atoms with Crippen LogP contribution >= 0.6 is 11.3 Å². The predicted octanol–water partition coefficient (Wildman–Crippen LogP) is 3.52. The van der Waals surface area contributed by atoms with Gasteiger partial charge in [-0.05, 0) is 38.9 Å². The molecule has 0 bridgehead atoms. The SMILES string of the molecule is CCNC(c1ccc(C)s1)C(C)(CC)OC. The molecular weight excluding hydrogens is 218 g/mol. The second-order valence-electron chi connectivity index (χ2n) is 4.31. The molecule has 16 heavy (non-hydrogen) atoms. The Morgan fingerprint density at radius 1 is 1.44 bits per heavy atom. The van der Waals surface area contributed by atoms with E-state index in [0.29, 0.717) is 0 Å². The Bertz CT molecular complexity index is 317. The van der Waals surface area contributed by atoms with Crippen molar-refractivity contribution in [2.24, 2.45) is 0 Å². The number of hydrogen-bond acceptors (Lipinski definition) is 3. The third kappa shape index (κ3) is 2.84. The Kier molecular flexibility index (Phi) is 4.96. The summed E-state index contributed by atoms with van der Waals surface area (Å²) in [6.07, 6.45) is 0.998. The molecular formula is C13H23NOS. The molecule has 0 fully saturated rings. The first-order valence-electron chi connectivity index (χ1n) is 5.92.